The van der Waals surface area contributed by atoms with Crippen molar-refractivity contribution >= 4 is 39.9 Å². The van der Waals surface area contributed by atoms with Crippen molar-refractivity contribution in [1.82, 2.24) is 4.98 Å². The summed E-state index contributed by atoms with van der Waals surface area (Å²) in [6, 6.07) is 13.1. The molecule has 2 heterocycles. The third kappa shape index (κ3) is 5.13. The lowest BCUT2D eigenvalue weighted by Crippen LogP contribution is -2.29. The first-order valence-corrected chi connectivity index (χ1v) is 12.8. The lowest BCUT2D eigenvalue weighted by molar-refractivity contribution is -0.132. The van der Waals surface area contributed by atoms with Crippen molar-refractivity contribution in [2.24, 2.45) is 0 Å². The molecule has 1 saturated heterocycles. The van der Waals surface area contributed by atoms with Crippen molar-refractivity contribution < 1.29 is 29.0 Å². The lowest BCUT2D eigenvalue weighted by Gasteiger charge is -2.23. The van der Waals surface area contributed by atoms with E-state index in [0.717, 1.165) is 23.3 Å². The number of carbonyl (C=O) groups is 3. The largest absolute Gasteiger partial charge is 0.507 e. The molecule has 1 aliphatic rings. The molecule has 1 fully saturated rings. The minimum absolute atomic E-state index is 0.0541. The number of aliphatic hydroxyl groups excluding tert-OH is 1. The Morgan fingerprint density at radius 3 is 2.35 bits per heavy atom. The first-order chi connectivity index (χ1) is 17.8. The fraction of sp³-hybridized carbons (Fsp3) is 0.286. The van der Waals surface area contributed by atoms with E-state index in [9.17, 15) is 19.5 Å². The zero-order valence-corrected chi connectivity index (χ0v) is 21.9. The van der Waals surface area contributed by atoms with Crippen LogP contribution in [-0.2, 0) is 14.3 Å². The van der Waals surface area contributed by atoms with E-state index in [1.807, 2.05) is 26.0 Å². The fourth-order valence-corrected chi connectivity index (χ4v) is 5.04. The normalized spacial score (nSPS) is 16.8. The maximum atomic E-state index is 13.4. The highest BCUT2D eigenvalue weighted by Crippen LogP contribution is 2.44. The maximum Gasteiger partial charge on any atom is 0.350 e. The molecule has 2 aromatic carbocycles. The van der Waals surface area contributed by atoms with Crippen LogP contribution in [-0.4, -0.2) is 41.0 Å². The van der Waals surface area contributed by atoms with Crippen molar-refractivity contribution in [3.05, 3.63) is 81.4 Å². The summed E-state index contributed by atoms with van der Waals surface area (Å²) in [7, 11) is 0. The number of carbonyl (C=O) groups excluding carboxylic acids is 3. The molecule has 0 radical (unpaired) electrons. The second-order valence-corrected chi connectivity index (χ2v) is 9.56. The number of aryl methyl sites for hydroxylation is 2. The Kier molecular flexibility index (Phi) is 7.73. The molecule has 1 aromatic heterocycles. The average molecular weight is 521 g/mol. The number of rotatable bonds is 8. The van der Waals surface area contributed by atoms with Crippen LogP contribution >= 0.6 is 11.3 Å². The topological polar surface area (TPSA) is 106 Å². The van der Waals surface area contributed by atoms with Gasteiger partial charge >= 0.3 is 11.9 Å². The van der Waals surface area contributed by atoms with E-state index >= 15 is 0 Å². The van der Waals surface area contributed by atoms with Gasteiger partial charge in [0.2, 0.25) is 0 Å². The summed E-state index contributed by atoms with van der Waals surface area (Å²) in [5.41, 5.74) is 2.34. The molecule has 0 bridgehead atoms. The Morgan fingerprint density at radius 1 is 1.05 bits per heavy atom. The average Bonchev–Trinajstić information content (AvgIpc) is 3.40. The van der Waals surface area contributed by atoms with Crippen LogP contribution in [0.1, 0.15) is 58.4 Å². The standard InChI is InChI=1S/C28H28N2O6S/c1-5-15-36-20-13-11-19(12-14-20)23(31)21-22(18-9-7-16(3)8-10-18)30(26(33)24(21)32)28-29-17(4)25(37-28)27(34)35-6-2/h7-14,22,31H,5-6,15H2,1-4H3. The monoisotopic (exact) mass is 520 g/mol. The van der Waals surface area contributed by atoms with Crippen molar-refractivity contribution in [3.8, 4) is 5.75 Å². The van der Waals surface area contributed by atoms with Gasteiger partial charge in [0.15, 0.2) is 5.13 Å². The van der Waals surface area contributed by atoms with E-state index in [1.165, 1.54) is 4.90 Å². The molecular weight excluding hydrogens is 492 g/mol. The van der Waals surface area contributed by atoms with Crippen molar-refractivity contribution in [3.63, 3.8) is 0 Å². The molecule has 1 amide bonds. The van der Waals surface area contributed by atoms with Gasteiger partial charge in [-0.1, -0.05) is 48.1 Å². The number of amides is 1. The van der Waals surface area contributed by atoms with Gasteiger partial charge in [0.1, 0.15) is 16.4 Å². The van der Waals surface area contributed by atoms with Crippen LogP contribution < -0.4 is 9.64 Å². The summed E-state index contributed by atoms with van der Waals surface area (Å²) < 4.78 is 10.7. The van der Waals surface area contributed by atoms with Crippen LogP contribution in [0.15, 0.2) is 54.1 Å². The molecule has 8 nitrogen and oxygen atoms in total. The second kappa shape index (κ2) is 11.0. The van der Waals surface area contributed by atoms with E-state index in [-0.39, 0.29) is 27.9 Å². The number of anilines is 1. The van der Waals surface area contributed by atoms with Gasteiger partial charge in [0.05, 0.1) is 30.5 Å². The Bertz CT molecular complexity index is 1360. The number of hydrogen-bond donors (Lipinski definition) is 1. The van der Waals surface area contributed by atoms with Crippen LogP contribution in [0.4, 0.5) is 5.13 Å². The highest BCUT2D eigenvalue weighted by atomic mass is 32.1. The molecule has 9 heteroatoms. The van der Waals surface area contributed by atoms with Gasteiger partial charge in [0, 0.05) is 5.56 Å². The predicted molar refractivity (Wildman–Crippen MR) is 141 cm³/mol. The molecule has 0 spiro atoms. The van der Waals surface area contributed by atoms with Crippen molar-refractivity contribution in [1.29, 1.82) is 0 Å². The Hall–Kier alpha value is -3.98. The highest BCUT2D eigenvalue weighted by Gasteiger charge is 2.48. The van der Waals surface area contributed by atoms with Crippen LogP contribution in [0.5, 0.6) is 5.75 Å². The number of Topliss-reactive ketones (excluding diaryl/α,β-unsaturated/α-hetero) is 1. The zero-order chi connectivity index (χ0) is 26.7. The number of ketones is 1. The number of esters is 1. The van der Waals surface area contributed by atoms with E-state index in [1.54, 1.807) is 50.2 Å². The summed E-state index contributed by atoms with van der Waals surface area (Å²) in [6.45, 7) is 8.04. The maximum absolute atomic E-state index is 13.4. The van der Waals surface area contributed by atoms with Gasteiger partial charge in [-0.05, 0) is 57.0 Å². The smallest absolute Gasteiger partial charge is 0.350 e. The van der Waals surface area contributed by atoms with E-state index in [4.69, 9.17) is 9.47 Å². The highest BCUT2D eigenvalue weighted by molar-refractivity contribution is 7.17. The minimum Gasteiger partial charge on any atom is -0.507 e. The number of aromatic nitrogens is 1. The first-order valence-electron chi connectivity index (χ1n) is 12.0. The summed E-state index contributed by atoms with van der Waals surface area (Å²) in [5, 5.41) is 11.5. The van der Waals surface area contributed by atoms with Gasteiger partial charge in [0.25, 0.3) is 5.78 Å². The van der Waals surface area contributed by atoms with Crippen LogP contribution in [0.3, 0.4) is 0 Å². The first kappa shape index (κ1) is 26.1. The third-order valence-electron chi connectivity index (χ3n) is 5.89. The van der Waals surface area contributed by atoms with E-state index in [0.29, 0.717) is 29.2 Å². The molecule has 3 aromatic rings. The van der Waals surface area contributed by atoms with Crippen molar-refractivity contribution in [2.45, 2.75) is 40.2 Å². The van der Waals surface area contributed by atoms with Gasteiger partial charge in [-0.15, -0.1) is 0 Å². The Balaban J connectivity index is 1.84. The fourth-order valence-electron chi connectivity index (χ4n) is 4.05. The van der Waals surface area contributed by atoms with Gasteiger partial charge < -0.3 is 14.6 Å². The molecular formula is C28H28N2O6S. The molecule has 1 N–H and O–H groups in total. The number of hydrogen-bond acceptors (Lipinski definition) is 8. The third-order valence-corrected chi connectivity index (χ3v) is 7.03. The van der Waals surface area contributed by atoms with Crippen LogP contribution in [0, 0.1) is 13.8 Å². The quantitative estimate of drug-likeness (QED) is 0.185. The Morgan fingerprint density at radius 2 is 1.73 bits per heavy atom. The molecule has 1 aliphatic heterocycles. The molecule has 1 unspecified atom stereocenters. The number of thiazole rings is 1. The summed E-state index contributed by atoms with van der Waals surface area (Å²) >= 11 is 0.978. The lowest BCUT2D eigenvalue weighted by atomic mass is 9.95. The van der Waals surface area contributed by atoms with E-state index in [2.05, 4.69) is 4.98 Å². The number of aliphatic hydroxyl groups is 1. The van der Waals surface area contributed by atoms with Crippen LogP contribution in [0.2, 0.25) is 0 Å². The van der Waals surface area contributed by atoms with Gasteiger partial charge in [-0.25, -0.2) is 9.78 Å². The SMILES string of the molecule is CCCOc1ccc(C(O)=C2C(=O)C(=O)N(c3nc(C)c(C(=O)OCC)s3)C2c2ccc(C)cc2)cc1. The molecule has 0 saturated carbocycles. The molecule has 192 valence electrons. The number of ether oxygens (including phenoxy) is 2. The van der Waals surface area contributed by atoms with Crippen LogP contribution in [0.25, 0.3) is 5.76 Å². The summed E-state index contributed by atoms with van der Waals surface area (Å²) in [5.74, 6) is -1.87. The molecule has 37 heavy (non-hydrogen) atoms. The number of benzene rings is 2. The molecule has 0 aliphatic carbocycles. The van der Waals surface area contributed by atoms with E-state index < -0.39 is 23.7 Å². The zero-order valence-electron chi connectivity index (χ0n) is 21.1. The summed E-state index contributed by atoms with van der Waals surface area (Å²) in [6.07, 6.45) is 0.857. The van der Waals surface area contributed by atoms with Crippen molar-refractivity contribution in [2.75, 3.05) is 18.1 Å². The van der Waals surface area contributed by atoms with Gasteiger partial charge in [-0.2, -0.15) is 0 Å². The number of nitrogens with zero attached hydrogens (tertiary/aromatic N) is 2. The summed E-state index contributed by atoms with van der Waals surface area (Å²) in [4.78, 5) is 45.0. The molecule has 1 atom stereocenters. The predicted octanol–water partition coefficient (Wildman–Crippen LogP) is 5.35. The minimum atomic E-state index is -0.933. The Labute approximate surface area is 219 Å². The second-order valence-electron chi connectivity index (χ2n) is 8.58. The van der Waals surface area contributed by atoms with Gasteiger partial charge in [-0.3, -0.25) is 14.5 Å². The molecule has 4 rings (SSSR count).